The zero-order valence-corrected chi connectivity index (χ0v) is 13.5. The third-order valence-corrected chi connectivity index (χ3v) is 5.97. The summed E-state index contributed by atoms with van der Waals surface area (Å²) in [5, 5.41) is 3.55. The highest BCUT2D eigenvalue weighted by molar-refractivity contribution is 7.99. The minimum absolute atomic E-state index is 0.243. The molecule has 22 heavy (non-hydrogen) atoms. The average Bonchev–Trinajstić information content (AvgIpc) is 3.21. The van der Waals surface area contributed by atoms with Gasteiger partial charge in [-0.1, -0.05) is 12.1 Å². The highest BCUT2D eigenvalue weighted by atomic mass is 32.2. The Hall–Kier alpha value is -1.24. The lowest BCUT2D eigenvalue weighted by Crippen LogP contribution is -2.57. The van der Waals surface area contributed by atoms with Crippen LogP contribution >= 0.6 is 11.8 Å². The number of nitrogens with zero attached hydrogens (tertiary/aromatic N) is 2. The number of fused-ring (bicyclic) bond motifs is 1. The highest BCUT2D eigenvalue weighted by Gasteiger charge is 2.40. The van der Waals surface area contributed by atoms with Gasteiger partial charge in [-0.05, 0) is 24.3 Å². The summed E-state index contributed by atoms with van der Waals surface area (Å²) in [5.74, 6) is 3.32. The van der Waals surface area contributed by atoms with E-state index in [2.05, 4.69) is 38.0 Å². The number of rotatable bonds is 4. The van der Waals surface area contributed by atoms with Crippen molar-refractivity contribution in [3.05, 3.63) is 24.3 Å². The summed E-state index contributed by atoms with van der Waals surface area (Å²) in [6.07, 6.45) is 1.24. The van der Waals surface area contributed by atoms with Gasteiger partial charge in [-0.3, -0.25) is 4.90 Å². The van der Waals surface area contributed by atoms with Gasteiger partial charge in [0.15, 0.2) is 0 Å². The van der Waals surface area contributed by atoms with Crippen LogP contribution in [0, 0.1) is 0 Å². The topological polar surface area (TPSA) is 53.2 Å². The SMILES string of the molecule is c1ccc2[nH]c(NC[C@]3(N4CCOCC4)CCSC3)nc2c1. The zero-order chi connectivity index (χ0) is 14.8. The van der Waals surface area contributed by atoms with Gasteiger partial charge in [0.25, 0.3) is 0 Å². The highest BCUT2D eigenvalue weighted by Crippen LogP contribution is 2.34. The summed E-state index contributed by atoms with van der Waals surface area (Å²) in [4.78, 5) is 10.6. The zero-order valence-electron chi connectivity index (χ0n) is 12.7. The first kappa shape index (κ1) is 14.4. The van der Waals surface area contributed by atoms with Gasteiger partial charge in [0.1, 0.15) is 0 Å². The maximum absolute atomic E-state index is 5.52. The number of anilines is 1. The number of H-pyrrole nitrogens is 1. The lowest BCUT2D eigenvalue weighted by molar-refractivity contribution is -0.00924. The molecule has 1 aromatic heterocycles. The van der Waals surface area contributed by atoms with Crippen LogP contribution in [0.15, 0.2) is 24.3 Å². The summed E-state index contributed by atoms with van der Waals surface area (Å²) in [6, 6.07) is 8.17. The van der Waals surface area contributed by atoms with Gasteiger partial charge in [0, 0.05) is 30.9 Å². The lowest BCUT2D eigenvalue weighted by Gasteiger charge is -2.43. The maximum Gasteiger partial charge on any atom is 0.201 e. The van der Waals surface area contributed by atoms with Crippen molar-refractivity contribution in [3.63, 3.8) is 0 Å². The number of hydrogen-bond acceptors (Lipinski definition) is 5. The van der Waals surface area contributed by atoms with Crippen LogP contribution < -0.4 is 5.32 Å². The molecule has 1 atom stereocenters. The Morgan fingerprint density at radius 3 is 2.95 bits per heavy atom. The molecule has 0 unspecified atom stereocenters. The van der Waals surface area contributed by atoms with Crippen molar-refractivity contribution in [2.45, 2.75) is 12.0 Å². The first-order valence-electron chi connectivity index (χ1n) is 7.95. The molecule has 2 saturated heterocycles. The van der Waals surface area contributed by atoms with Crippen LogP contribution in [-0.4, -0.2) is 64.8 Å². The van der Waals surface area contributed by atoms with Crippen molar-refractivity contribution in [1.29, 1.82) is 0 Å². The van der Waals surface area contributed by atoms with E-state index in [-0.39, 0.29) is 5.54 Å². The Balaban J connectivity index is 1.49. The smallest absolute Gasteiger partial charge is 0.201 e. The minimum Gasteiger partial charge on any atom is -0.379 e. The first-order chi connectivity index (χ1) is 10.9. The molecule has 0 spiro atoms. The van der Waals surface area contributed by atoms with Crippen LogP contribution in [0.25, 0.3) is 11.0 Å². The van der Waals surface area contributed by atoms with Crippen molar-refractivity contribution >= 4 is 28.7 Å². The van der Waals surface area contributed by atoms with Gasteiger partial charge in [-0.2, -0.15) is 11.8 Å². The number of benzene rings is 1. The van der Waals surface area contributed by atoms with Crippen LogP contribution in [0.1, 0.15) is 6.42 Å². The fourth-order valence-electron chi connectivity index (χ4n) is 3.42. The van der Waals surface area contributed by atoms with Gasteiger partial charge >= 0.3 is 0 Å². The summed E-state index contributed by atoms with van der Waals surface area (Å²) < 4.78 is 5.52. The number of nitrogens with one attached hydrogen (secondary N) is 2. The van der Waals surface area contributed by atoms with Crippen LogP contribution in [0.2, 0.25) is 0 Å². The Labute approximate surface area is 134 Å². The van der Waals surface area contributed by atoms with Gasteiger partial charge in [0.05, 0.1) is 24.2 Å². The number of thioether (sulfide) groups is 1. The predicted octanol–water partition coefficient (Wildman–Crippen LogP) is 2.18. The van der Waals surface area contributed by atoms with Gasteiger partial charge < -0.3 is 15.0 Å². The largest absolute Gasteiger partial charge is 0.379 e. The van der Waals surface area contributed by atoms with Gasteiger partial charge in [-0.25, -0.2) is 4.98 Å². The number of morpholine rings is 1. The van der Waals surface area contributed by atoms with E-state index in [0.717, 1.165) is 49.8 Å². The number of imidazole rings is 1. The van der Waals surface area contributed by atoms with Crippen LogP contribution in [0.5, 0.6) is 0 Å². The van der Waals surface area contributed by atoms with E-state index < -0.39 is 0 Å². The molecule has 2 aliphatic heterocycles. The molecule has 4 rings (SSSR count). The summed E-state index contributed by atoms with van der Waals surface area (Å²) in [7, 11) is 0. The number of ether oxygens (including phenoxy) is 1. The molecular weight excluding hydrogens is 296 g/mol. The molecular formula is C16H22N4OS. The molecule has 0 bridgehead atoms. The Kier molecular flexibility index (Phi) is 3.98. The summed E-state index contributed by atoms with van der Waals surface area (Å²) in [5.41, 5.74) is 2.35. The van der Waals surface area contributed by atoms with E-state index in [9.17, 15) is 0 Å². The molecule has 2 aliphatic rings. The molecule has 0 aliphatic carbocycles. The van der Waals surface area contributed by atoms with E-state index in [4.69, 9.17) is 4.74 Å². The van der Waals surface area contributed by atoms with E-state index in [0.29, 0.717) is 0 Å². The molecule has 2 fully saturated rings. The molecule has 0 amide bonds. The molecule has 5 nitrogen and oxygen atoms in total. The minimum atomic E-state index is 0.243. The van der Waals surface area contributed by atoms with E-state index >= 15 is 0 Å². The third-order valence-electron chi connectivity index (χ3n) is 4.74. The summed E-state index contributed by atoms with van der Waals surface area (Å²) >= 11 is 2.06. The molecule has 3 heterocycles. The van der Waals surface area contributed by atoms with Crippen LogP contribution in [0.3, 0.4) is 0 Å². The van der Waals surface area contributed by atoms with Crippen LogP contribution in [0.4, 0.5) is 5.95 Å². The fraction of sp³-hybridized carbons (Fsp3) is 0.562. The third kappa shape index (κ3) is 2.71. The number of para-hydroxylation sites is 2. The Bertz CT molecular complexity index is 599. The lowest BCUT2D eigenvalue weighted by atomic mass is 9.95. The number of aromatic nitrogens is 2. The second kappa shape index (κ2) is 6.10. The molecule has 6 heteroatoms. The van der Waals surface area contributed by atoms with E-state index in [1.54, 1.807) is 0 Å². The van der Waals surface area contributed by atoms with E-state index in [1.807, 2.05) is 18.2 Å². The molecule has 1 aromatic carbocycles. The van der Waals surface area contributed by atoms with Crippen molar-refractivity contribution in [1.82, 2.24) is 14.9 Å². The predicted molar refractivity (Wildman–Crippen MR) is 91.6 cm³/mol. The monoisotopic (exact) mass is 318 g/mol. The number of hydrogen-bond donors (Lipinski definition) is 2. The Morgan fingerprint density at radius 2 is 2.18 bits per heavy atom. The fourth-order valence-corrected chi connectivity index (χ4v) is 4.90. The van der Waals surface area contributed by atoms with Crippen molar-refractivity contribution in [3.8, 4) is 0 Å². The molecule has 2 N–H and O–H groups in total. The first-order valence-corrected chi connectivity index (χ1v) is 9.10. The Morgan fingerprint density at radius 1 is 1.32 bits per heavy atom. The number of aromatic amines is 1. The molecule has 2 aromatic rings. The maximum atomic E-state index is 5.52. The quantitative estimate of drug-likeness (QED) is 0.905. The second-order valence-corrected chi connectivity index (χ2v) is 7.19. The standard InChI is InChI=1S/C16H22N4OS/c1-2-4-14-13(3-1)18-15(19-14)17-11-16(5-10-22-12-16)20-6-8-21-9-7-20/h1-4H,5-12H2,(H2,17,18,19)/t16-/m1/s1. The molecule has 0 saturated carbocycles. The normalized spacial score (nSPS) is 26.5. The van der Waals surface area contributed by atoms with Crippen LogP contribution in [-0.2, 0) is 4.74 Å². The molecule has 0 radical (unpaired) electrons. The van der Waals surface area contributed by atoms with Crippen molar-refractivity contribution in [2.24, 2.45) is 0 Å². The van der Waals surface area contributed by atoms with E-state index in [1.165, 1.54) is 17.9 Å². The van der Waals surface area contributed by atoms with Crippen molar-refractivity contribution in [2.75, 3.05) is 49.7 Å². The second-order valence-electron chi connectivity index (χ2n) is 6.08. The van der Waals surface area contributed by atoms with Gasteiger partial charge in [-0.15, -0.1) is 0 Å². The van der Waals surface area contributed by atoms with Crippen molar-refractivity contribution < 1.29 is 4.74 Å². The summed E-state index contributed by atoms with van der Waals surface area (Å²) in [6.45, 7) is 4.75. The molecule has 118 valence electrons. The van der Waals surface area contributed by atoms with Gasteiger partial charge in [0.2, 0.25) is 5.95 Å². The average molecular weight is 318 g/mol.